The van der Waals surface area contributed by atoms with E-state index in [2.05, 4.69) is 20.9 Å². The highest BCUT2D eigenvalue weighted by Crippen LogP contribution is 2.28. The van der Waals surface area contributed by atoms with E-state index in [-0.39, 0.29) is 0 Å². The van der Waals surface area contributed by atoms with Crippen LogP contribution < -0.4 is 25.4 Å². The molecule has 20 heavy (non-hydrogen) atoms. The Bertz CT molecular complexity index is 447. The van der Waals surface area contributed by atoms with Crippen molar-refractivity contribution in [3.8, 4) is 11.6 Å². The van der Waals surface area contributed by atoms with Crippen LogP contribution in [0.2, 0.25) is 0 Å². The Labute approximate surface area is 119 Å². The van der Waals surface area contributed by atoms with Gasteiger partial charge in [-0.3, -0.25) is 0 Å². The van der Waals surface area contributed by atoms with Crippen molar-refractivity contribution in [2.45, 2.75) is 24.9 Å². The predicted molar refractivity (Wildman–Crippen MR) is 77.6 cm³/mol. The van der Waals surface area contributed by atoms with Gasteiger partial charge in [-0.1, -0.05) is 0 Å². The van der Waals surface area contributed by atoms with E-state index in [0.717, 1.165) is 25.2 Å². The Morgan fingerprint density at radius 2 is 1.85 bits per heavy atom. The smallest absolute Gasteiger partial charge is 0.257 e. The maximum Gasteiger partial charge on any atom is 0.257 e. The highest BCUT2D eigenvalue weighted by atomic mass is 16.5. The lowest BCUT2D eigenvalue weighted by Gasteiger charge is -2.29. The van der Waals surface area contributed by atoms with Gasteiger partial charge in [0, 0.05) is 25.2 Å². The maximum absolute atomic E-state index is 5.86. The minimum atomic E-state index is 0.446. The van der Waals surface area contributed by atoms with Crippen molar-refractivity contribution >= 4 is 5.69 Å². The average Bonchev–Trinajstić information content (AvgIpc) is 2.36. The van der Waals surface area contributed by atoms with Crippen LogP contribution in [0.15, 0.2) is 12.3 Å². The summed E-state index contributed by atoms with van der Waals surface area (Å²) in [5.74, 6) is 1.29. The molecule has 3 rings (SSSR count). The van der Waals surface area contributed by atoms with Crippen LogP contribution in [0.4, 0.5) is 5.69 Å². The number of hydrogen-bond donors (Lipinski definition) is 3. The SMILES string of the molecule is CNc1cnc(OC[C@H]2CCN2)c(OC[C@H]2CCN2)c1. The third kappa shape index (κ3) is 3.13. The minimum Gasteiger partial charge on any atom is -0.486 e. The maximum atomic E-state index is 5.86. The summed E-state index contributed by atoms with van der Waals surface area (Å²) in [6, 6.07) is 2.84. The molecule has 110 valence electrons. The monoisotopic (exact) mass is 278 g/mol. The van der Waals surface area contributed by atoms with Crippen LogP contribution >= 0.6 is 0 Å². The number of pyridine rings is 1. The molecular formula is C14H22N4O2. The summed E-state index contributed by atoms with van der Waals surface area (Å²) < 4.78 is 11.6. The van der Waals surface area contributed by atoms with Crippen molar-refractivity contribution in [2.24, 2.45) is 0 Å². The fourth-order valence-corrected chi connectivity index (χ4v) is 2.13. The van der Waals surface area contributed by atoms with Crippen LogP contribution in [0.5, 0.6) is 11.6 Å². The molecule has 1 aromatic rings. The Balaban J connectivity index is 1.62. The molecule has 0 radical (unpaired) electrons. The zero-order valence-electron chi connectivity index (χ0n) is 11.8. The van der Waals surface area contributed by atoms with E-state index in [1.165, 1.54) is 6.42 Å². The van der Waals surface area contributed by atoms with Crippen molar-refractivity contribution in [3.05, 3.63) is 12.3 Å². The van der Waals surface area contributed by atoms with Gasteiger partial charge in [-0.25, -0.2) is 4.98 Å². The summed E-state index contributed by atoms with van der Waals surface area (Å²) in [6.07, 6.45) is 4.09. The second kappa shape index (κ2) is 6.28. The predicted octanol–water partition coefficient (Wildman–Crippen LogP) is 0.605. The van der Waals surface area contributed by atoms with E-state index >= 15 is 0 Å². The normalized spacial score (nSPS) is 24.4. The van der Waals surface area contributed by atoms with Crippen molar-refractivity contribution in [2.75, 3.05) is 38.7 Å². The Kier molecular flexibility index (Phi) is 4.22. The molecule has 2 saturated heterocycles. The molecule has 0 bridgehead atoms. The average molecular weight is 278 g/mol. The first-order chi connectivity index (χ1) is 9.85. The van der Waals surface area contributed by atoms with Crippen molar-refractivity contribution in [1.82, 2.24) is 15.6 Å². The molecule has 3 N–H and O–H groups in total. The van der Waals surface area contributed by atoms with E-state index in [9.17, 15) is 0 Å². The molecule has 3 heterocycles. The quantitative estimate of drug-likeness (QED) is 0.679. The van der Waals surface area contributed by atoms with Crippen LogP contribution in [0.3, 0.4) is 0 Å². The van der Waals surface area contributed by atoms with Gasteiger partial charge in [-0.15, -0.1) is 0 Å². The molecule has 0 aromatic carbocycles. The summed E-state index contributed by atoms with van der Waals surface area (Å²) in [5, 5.41) is 9.70. The lowest BCUT2D eigenvalue weighted by Crippen LogP contribution is -2.47. The van der Waals surface area contributed by atoms with E-state index in [0.29, 0.717) is 36.9 Å². The molecule has 2 atom stereocenters. The molecule has 0 aliphatic carbocycles. The highest BCUT2D eigenvalue weighted by Gasteiger charge is 2.20. The van der Waals surface area contributed by atoms with E-state index in [4.69, 9.17) is 9.47 Å². The summed E-state index contributed by atoms with van der Waals surface area (Å²) in [7, 11) is 1.87. The van der Waals surface area contributed by atoms with E-state index in [1.54, 1.807) is 6.20 Å². The highest BCUT2D eigenvalue weighted by molar-refractivity contribution is 5.49. The number of nitrogens with zero attached hydrogens (tertiary/aromatic N) is 1. The second-order valence-electron chi connectivity index (χ2n) is 5.28. The molecule has 2 aliphatic rings. The van der Waals surface area contributed by atoms with Crippen LogP contribution in [0.1, 0.15) is 12.8 Å². The number of rotatable bonds is 7. The lowest BCUT2D eigenvalue weighted by molar-refractivity contribution is 0.183. The van der Waals surface area contributed by atoms with Gasteiger partial charge in [0.05, 0.1) is 11.9 Å². The Morgan fingerprint density at radius 3 is 2.40 bits per heavy atom. The Hall–Kier alpha value is -1.53. The number of ether oxygens (including phenoxy) is 2. The second-order valence-corrected chi connectivity index (χ2v) is 5.28. The van der Waals surface area contributed by atoms with Crippen LogP contribution in [-0.4, -0.2) is 50.4 Å². The first-order valence-electron chi connectivity index (χ1n) is 7.25. The van der Waals surface area contributed by atoms with Gasteiger partial charge in [-0.2, -0.15) is 0 Å². The van der Waals surface area contributed by atoms with E-state index in [1.807, 2.05) is 13.1 Å². The minimum absolute atomic E-state index is 0.446. The van der Waals surface area contributed by atoms with Gasteiger partial charge in [0.25, 0.3) is 5.88 Å². The number of anilines is 1. The fourth-order valence-electron chi connectivity index (χ4n) is 2.13. The molecule has 0 saturated carbocycles. The van der Waals surface area contributed by atoms with Crippen molar-refractivity contribution < 1.29 is 9.47 Å². The first kappa shape index (κ1) is 13.5. The molecule has 1 aromatic heterocycles. The van der Waals surface area contributed by atoms with Gasteiger partial charge in [0.2, 0.25) is 0 Å². The number of hydrogen-bond acceptors (Lipinski definition) is 6. The third-order valence-electron chi connectivity index (χ3n) is 3.82. The summed E-state index contributed by atoms with van der Waals surface area (Å²) in [6.45, 7) is 3.47. The molecule has 6 nitrogen and oxygen atoms in total. The summed E-state index contributed by atoms with van der Waals surface area (Å²) >= 11 is 0. The number of aromatic nitrogens is 1. The van der Waals surface area contributed by atoms with Crippen molar-refractivity contribution in [3.63, 3.8) is 0 Å². The molecule has 0 spiro atoms. The topological polar surface area (TPSA) is 67.4 Å². The molecule has 0 unspecified atom stereocenters. The molecular weight excluding hydrogens is 256 g/mol. The van der Waals surface area contributed by atoms with Gasteiger partial charge < -0.3 is 25.4 Å². The lowest BCUT2D eigenvalue weighted by atomic mass is 10.1. The molecule has 6 heteroatoms. The molecule has 0 amide bonds. The van der Waals surface area contributed by atoms with Gasteiger partial charge >= 0.3 is 0 Å². The van der Waals surface area contributed by atoms with Crippen LogP contribution in [0, 0.1) is 0 Å². The fraction of sp³-hybridized carbons (Fsp3) is 0.643. The summed E-state index contributed by atoms with van der Waals surface area (Å²) in [5.41, 5.74) is 0.927. The van der Waals surface area contributed by atoms with E-state index < -0.39 is 0 Å². The zero-order valence-corrected chi connectivity index (χ0v) is 11.8. The molecule has 2 fully saturated rings. The largest absolute Gasteiger partial charge is 0.486 e. The molecule has 2 aliphatic heterocycles. The van der Waals surface area contributed by atoms with Gasteiger partial charge in [0.15, 0.2) is 5.75 Å². The number of nitrogens with one attached hydrogen (secondary N) is 3. The standard InChI is InChI=1S/C14H22N4O2/c1-15-12-6-13(19-8-10-2-4-16-10)14(18-7-12)20-9-11-3-5-17-11/h6-7,10-11,15-17H,2-5,8-9H2,1H3/t10-,11-/m1/s1. The van der Waals surface area contributed by atoms with Crippen LogP contribution in [0.25, 0.3) is 0 Å². The summed E-state index contributed by atoms with van der Waals surface area (Å²) in [4.78, 5) is 4.34. The third-order valence-corrected chi connectivity index (χ3v) is 3.82. The van der Waals surface area contributed by atoms with Crippen molar-refractivity contribution in [1.29, 1.82) is 0 Å². The first-order valence-corrected chi connectivity index (χ1v) is 7.25. The zero-order chi connectivity index (χ0) is 13.8. The Morgan fingerprint density at radius 1 is 1.20 bits per heavy atom. The van der Waals surface area contributed by atoms with Gasteiger partial charge in [0.1, 0.15) is 13.2 Å². The van der Waals surface area contributed by atoms with Gasteiger partial charge in [-0.05, 0) is 25.9 Å². The van der Waals surface area contributed by atoms with Crippen LogP contribution in [-0.2, 0) is 0 Å².